The van der Waals surface area contributed by atoms with Gasteiger partial charge in [0.15, 0.2) is 11.5 Å². The normalized spacial score (nSPS) is 23.5. The lowest BCUT2D eigenvalue weighted by atomic mass is 9.87. The van der Waals surface area contributed by atoms with Crippen molar-refractivity contribution in [2.75, 3.05) is 31.6 Å². The van der Waals surface area contributed by atoms with Gasteiger partial charge in [-0.1, -0.05) is 13.0 Å². The summed E-state index contributed by atoms with van der Waals surface area (Å²) >= 11 is 0. The molecule has 1 saturated carbocycles. The van der Waals surface area contributed by atoms with Crippen molar-refractivity contribution in [3.05, 3.63) is 24.4 Å². The Kier molecular flexibility index (Phi) is 7.31. The van der Waals surface area contributed by atoms with E-state index >= 15 is 0 Å². The molecule has 1 aromatic carbocycles. The van der Waals surface area contributed by atoms with E-state index in [4.69, 9.17) is 23.9 Å². The van der Waals surface area contributed by atoms with E-state index in [1.165, 1.54) is 12.8 Å². The number of fused-ring (bicyclic) bond motifs is 1. The zero-order chi connectivity index (χ0) is 26.0. The van der Waals surface area contributed by atoms with Crippen LogP contribution in [-0.4, -0.2) is 65.0 Å². The van der Waals surface area contributed by atoms with Crippen LogP contribution in [0.5, 0.6) is 17.4 Å². The van der Waals surface area contributed by atoms with Gasteiger partial charge in [-0.15, -0.1) is 0 Å². The van der Waals surface area contributed by atoms with E-state index in [0.717, 1.165) is 35.6 Å². The zero-order valence-corrected chi connectivity index (χ0v) is 22.3. The van der Waals surface area contributed by atoms with E-state index in [2.05, 4.69) is 17.2 Å². The van der Waals surface area contributed by atoms with Crippen molar-refractivity contribution in [3.8, 4) is 28.5 Å². The third-order valence-electron chi connectivity index (χ3n) is 7.03. The number of carbonyl (C=O) groups excluding carboxylic acids is 1. The van der Waals surface area contributed by atoms with Crippen LogP contribution < -0.4 is 19.5 Å². The number of anilines is 1. The van der Waals surface area contributed by atoms with Crippen LogP contribution in [0.1, 0.15) is 59.8 Å². The number of hydrogen-bond donors (Lipinski definition) is 1. The average Bonchev–Trinajstić information content (AvgIpc) is 3.33. The fourth-order valence-electron chi connectivity index (χ4n) is 5.00. The second-order valence-electron chi connectivity index (χ2n) is 11.3. The van der Waals surface area contributed by atoms with Gasteiger partial charge >= 0.3 is 6.09 Å². The molecule has 0 radical (unpaired) electrons. The van der Waals surface area contributed by atoms with E-state index in [1.807, 2.05) is 45.2 Å². The van der Waals surface area contributed by atoms with E-state index in [9.17, 15) is 4.79 Å². The molecule has 9 heteroatoms. The molecule has 1 N–H and O–H groups in total. The first-order valence-corrected chi connectivity index (χ1v) is 13.4. The monoisotopic (exact) mass is 510 g/mol. The molecule has 2 aliphatic heterocycles. The van der Waals surface area contributed by atoms with E-state index in [1.54, 1.807) is 4.90 Å². The molecular weight excluding hydrogens is 472 g/mol. The summed E-state index contributed by atoms with van der Waals surface area (Å²) in [7, 11) is 0. The topological polar surface area (TPSA) is 95.0 Å². The highest BCUT2D eigenvalue weighted by Gasteiger charge is 2.32. The van der Waals surface area contributed by atoms with E-state index in [-0.39, 0.29) is 12.2 Å². The van der Waals surface area contributed by atoms with Crippen LogP contribution in [0.2, 0.25) is 0 Å². The quantitative estimate of drug-likeness (QED) is 0.580. The number of carbonyl (C=O) groups is 1. The maximum absolute atomic E-state index is 12.6. The van der Waals surface area contributed by atoms with Crippen molar-refractivity contribution in [1.82, 2.24) is 14.9 Å². The van der Waals surface area contributed by atoms with Gasteiger partial charge in [-0.05, 0) is 70.1 Å². The Morgan fingerprint density at radius 1 is 1.08 bits per heavy atom. The molecule has 1 saturated heterocycles. The molecule has 9 nitrogen and oxygen atoms in total. The van der Waals surface area contributed by atoms with Crippen LogP contribution in [0.4, 0.5) is 10.7 Å². The molecule has 3 heterocycles. The predicted molar refractivity (Wildman–Crippen MR) is 140 cm³/mol. The van der Waals surface area contributed by atoms with Gasteiger partial charge < -0.3 is 29.2 Å². The molecule has 1 aromatic heterocycles. The summed E-state index contributed by atoms with van der Waals surface area (Å²) in [6.07, 6.45) is 6.63. The first-order chi connectivity index (χ1) is 17.7. The lowest BCUT2D eigenvalue weighted by Crippen LogP contribution is -2.36. The summed E-state index contributed by atoms with van der Waals surface area (Å²) in [6.45, 7) is 10.0. The van der Waals surface area contributed by atoms with Gasteiger partial charge in [0.1, 0.15) is 24.9 Å². The molecule has 2 aromatic rings. The number of likely N-dealkylation sites (tertiary alicyclic amines) is 1. The Morgan fingerprint density at radius 3 is 2.59 bits per heavy atom. The van der Waals surface area contributed by atoms with Crippen LogP contribution in [0.25, 0.3) is 11.1 Å². The highest BCUT2D eigenvalue weighted by atomic mass is 16.6. The van der Waals surface area contributed by atoms with Crippen LogP contribution in [-0.2, 0) is 4.74 Å². The number of nitrogens with one attached hydrogen (secondary N) is 1. The standard InChI is InChI=1S/C28H38N4O5/c1-18-5-8-20(9-6-18)30-26-29-16-22(19-7-10-23-24(15-19)35-14-13-34-23)25(31-26)36-21-11-12-32(17-21)27(33)37-28(2,3)4/h7,10,15-16,18,20-21H,5-6,8-9,11-14,17H2,1-4H3,(H,29,30,31)/t18-,20-,21?. The SMILES string of the molecule is CC(C)(C)OC(=O)N1CCC(Oc2nc(N[C@H]3CC[C@H](C)CC3)ncc2-c2ccc3c(c2)OCCO3)C1. The number of aromatic nitrogens is 2. The fraction of sp³-hybridized carbons (Fsp3) is 0.607. The Hall–Kier alpha value is -3.23. The number of rotatable bonds is 5. The van der Waals surface area contributed by atoms with E-state index in [0.29, 0.717) is 56.3 Å². The van der Waals surface area contributed by atoms with Gasteiger partial charge in [-0.3, -0.25) is 0 Å². The third-order valence-corrected chi connectivity index (χ3v) is 7.03. The second-order valence-corrected chi connectivity index (χ2v) is 11.3. The first kappa shape index (κ1) is 25.4. The summed E-state index contributed by atoms with van der Waals surface area (Å²) < 4.78 is 23.5. The zero-order valence-electron chi connectivity index (χ0n) is 22.3. The van der Waals surface area contributed by atoms with Crippen molar-refractivity contribution in [1.29, 1.82) is 0 Å². The predicted octanol–water partition coefficient (Wildman–Crippen LogP) is 5.29. The van der Waals surface area contributed by atoms with E-state index < -0.39 is 5.60 Å². The Bertz CT molecular complexity index is 1110. The summed E-state index contributed by atoms with van der Waals surface area (Å²) in [4.78, 5) is 23.7. The molecule has 3 aliphatic rings. The molecule has 1 unspecified atom stereocenters. The van der Waals surface area contributed by atoms with Crippen LogP contribution in [0.15, 0.2) is 24.4 Å². The minimum Gasteiger partial charge on any atom is -0.486 e. The Morgan fingerprint density at radius 2 is 1.84 bits per heavy atom. The number of amides is 1. The maximum Gasteiger partial charge on any atom is 0.410 e. The summed E-state index contributed by atoms with van der Waals surface area (Å²) in [5, 5.41) is 3.52. The van der Waals surface area contributed by atoms with Gasteiger partial charge in [0.2, 0.25) is 11.8 Å². The van der Waals surface area contributed by atoms with Crippen LogP contribution in [0.3, 0.4) is 0 Å². The number of hydrogen-bond acceptors (Lipinski definition) is 8. The molecular formula is C28H38N4O5. The number of nitrogens with zero attached hydrogens (tertiary/aromatic N) is 3. The molecule has 5 rings (SSSR count). The van der Waals surface area contributed by atoms with Crippen molar-refractivity contribution in [2.24, 2.45) is 5.92 Å². The maximum atomic E-state index is 12.6. The highest BCUT2D eigenvalue weighted by molar-refractivity contribution is 5.72. The number of benzene rings is 1. The largest absolute Gasteiger partial charge is 0.486 e. The second kappa shape index (κ2) is 10.6. The van der Waals surface area contributed by atoms with Crippen LogP contribution in [0, 0.1) is 5.92 Å². The van der Waals surface area contributed by atoms with Crippen molar-refractivity contribution in [3.63, 3.8) is 0 Å². The molecule has 0 bridgehead atoms. The lowest BCUT2D eigenvalue weighted by Gasteiger charge is -2.27. The van der Waals surface area contributed by atoms with Crippen molar-refractivity contribution in [2.45, 2.75) is 77.5 Å². The summed E-state index contributed by atoms with van der Waals surface area (Å²) in [5.41, 5.74) is 1.13. The number of ether oxygens (including phenoxy) is 4. The summed E-state index contributed by atoms with van der Waals surface area (Å²) in [5.74, 6) is 3.26. The van der Waals surface area contributed by atoms with Gasteiger partial charge in [-0.25, -0.2) is 9.78 Å². The minimum atomic E-state index is -0.536. The first-order valence-electron chi connectivity index (χ1n) is 13.4. The van der Waals surface area contributed by atoms with Gasteiger partial charge in [0, 0.05) is 25.2 Å². The summed E-state index contributed by atoms with van der Waals surface area (Å²) in [6, 6.07) is 6.18. The van der Waals surface area contributed by atoms with Gasteiger partial charge in [0.25, 0.3) is 0 Å². The molecule has 200 valence electrons. The van der Waals surface area contributed by atoms with Crippen molar-refractivity contribution < 1.29 is 23.7 Å². The molecule has 37 heavy (non-hydrogen) atoms. The molecule has 0 spiro atoms. The van der Waals surface area contributed by atoms with Crippen LogP contribution >= 0.6 is 0 Å². The minimum absolute atomic E-state index is 0.193. The highest BCUT2D eigenvalue weighted by Crippen LogP contribution is 2.38. The molecule has 1 atom stereocenters. The molecule has 1 amide bonds. The molecule has 1 aliphatic carbocycles. The third kappa shape index (κ3) is 6.37. The van der Waals surface area contributed by atoms with Gasteiger partial charge in [-0.2, -0.15) is 4.98 Å². The average molecular weight is 511 g/mol. The smallest absolute Gasteiger partial charge is 0.410 e. The Balaban J connectivity index is 1.36. The van der Waals surface area contributed by atoms with Gasteiger partial charge in [0.05, 0.1) is 12.1 Å². The Labute approximate surface area is 218 Å². The lowest BCUT2D eigenvalue weighted by molar-refractivity contribution is 0.0275. The van der Waals surface area contributed by atoms with Crippen molar-refractivity contribution >= 4 is 12.0 Å². The fourth-order valence-corrected chi connectivity index (χ4v) is 5.00. The molecule has 2 fully saturated rings.